The van der Waals surface area contributed by atoms with E-state index in [9.17, 15) is 28.1 Å². The first-order valence-corrected chi connectivity index (χ1v) is 9.17. The lowest BCUT2D eigenvalue weighted by atomic mass is 9.88. The Kier molecular flexibility index (Phi) is 5.57. The van der Waals surface area contributed by atoms with E-state index >= 15 is 0 Å². The van der Waals surface area contributed by atoms with E-state index in [0.29, 0.717) is 32.2 Å². The minimum Gasteiger partial charge on any atom is -0.362 e. The molecule has 148 valence electrons. The molecule has 27 heavy (non-hydrogen) atoms. The lowest BCUT2D eigenvalue weighted by Gasteiger charge is -2.38. The zero-order valence-corrected chi connectivity index (χ0v) is 14.9. The van der Waals surface area contributed by atoms with Crippen LogP contribution in [0.4, 0.5) is 24.5 Å². The number of piperazine rings is 1. The van der Waals surface area contributed by atoms with Crippen LogP contribution in [-0.4, -0.2) is 41.9 Å². The van der Waals surface area contributed by atoms with Gasteiger partial charge in [-0.3, -0.25) is 14.9 Å². The fraction of sp³-hybridized carbons (Fsp3) is 0.611. The molecule has 1 aromatic rings. The van der Waals surface area contributed by atoms with Crippen LogP contribution in [0.5, 0.6) is 0 Å². The van der Waals surface area contributed by atoms with Gasteiger partial charge in [0.25, 0.3) is 5.69 Å². The van der Waals surface area contributed by atoms with Crippen LogP contribution < -0.4 is 4.90 Å². The Balaban J connectivity index is 1.70. The molecule has 2 aliphatic rings. The number of halogens is 3. The van der Waals surface area contributed by atoms with E-state index in [1.165, 1.54) is 0 Å². The highest BCUT2D eigenvalue weighted by Gasteiger charge is 2.35. The summed E-state index contributed by atoms with van der Waals surface area (Å²) in [6.45, 7) is 1.58. The molecule has 0 radical (unpaired) electrons. The molecule has 1 saturated carbocycles. The summed E-state index contributed by atoms with van der Waals surface area (Å²) in [5, 5.41) is 11.3. The van der Waals surface area contributed by atoms with Crippen LogP contribution in [0.25, 0.3) is 0 Å². The highest BCUT2D eigenvalue weighted by molar-refractivity contribution is 5.79. The number of alkyl halides is 3. The van der Waals surface area contributed by atoms with Gasteiger partial charge in [-0.2, -0.15) is 13.2 Å². The molecular weight excluding hydrogens is 363 g/mol. The summed E-state index contributed by atoms with van der Waals surface area (Å²) in [4.78, 5) is 26.5. The number of benzene rings is 1. The molecule has 0 atom stereocenters. The topological polar surface area (TPSA) is 66.7 Å². The second-order valence-electron chi connectivity index (χ2n) is 7.11. The van der Waals surface area contributed by atoms with Gasteiger partial charge in [-0.25, -0.2) is 0 Å². The summed E-state index contributed by atoms with van der Waals surface area (Å²) in [5.41, 5.74) is -1.43. The van der Waals surface area contributed by atoms with Gasteiger partial charge in [-0.1, -0.05) is 19.3 Å². The molecular formula is C18H22F3N3O3. The third-order valence-corrected chi connectivity index (χ3v) is 5.39. The molecule has 0 N–H and O–H groups in total. The van der Waals surface area contributed by atoms with Crippen molar-refractivity contribution in [2.24, 2.45) is 5.92 Å². The molecule has 1 aliphatic heterocycles. The smallest absolute Gasteiger partial charge is 0.362 e. The number of rotatable bonds is 3. The van der Waals surface area contributed by atoms with E-state index < -0.39 is 22.4 Å². The largest absolute Gasteiger partial charge is 0.416 e. The van der Waals surface area contributed by atoms with Crippen molar-refractivity contribution < 1.29 is 22.9 Å². The number of hydrogen-bond acceptors (Lipinski definition) is 4. The number of hydrogen-bond donors (Lipinski definition) is 0. The summed E-state index contributed by atoms with van der Waals surface area (Å²) >= 11 is 0. The molecule has 2 fully saturated rings. The second kappa shape index (κ2) is 7.74. The van der Waals surface area contributed by atoms with Crippen LogP contribution in [0.15, 0.2) is 18.2 Å². The van der Waals surface area contributed by atoms with Gasteiger partial charge in [0, 0.05) is 38.2 Å². The minimum atomic E-state index is -4.63. The maximum atomic E-state index is 12.8. The van der Waals surface area contributed by atoms with Crippen LogP contribution >= 0.6 is 0 Å². The average Bonchev–Trinajstić information content (AvgIpc) is 2.67. The predicted molar refractivity (Wildman–Crippen MR) is 93.5 cm³/mol. The van der Waals surface area contributed by atoms with E-state index in [0.717, 1.165) is 44.2 Å². The van der Waals surface area contributed by atoms with Gasteiger partial charge in [0.1, 0.15) is 5.69 Å². The van der Waals surface area contributed by atoms with Crippen LogP contribution in [0.1, 0.15) is 37.7 Å². The fourth-order valence-electron chi connectivity index (χ4n) is 3.89. The van der Waals surface area contributed by atoms with Crippen molar-refractivity contribution in [3.05, 3.63) is 33.9 Å². The van der Waals surface area contributed by atoms with Crippen molar-refractivity contribution in [2.45, 2.75) is 38.3 Å². The van der Waals surface area contributed by atoms with E-state index in [-0.39, 0.29) is 17.5 Å². The Morgan fingerprint density at radius 3 is 2.26 bits per heavy atom. The number of carbonyl (C=O) groups excluding carboxylic acids is 1. The number of nitro benzene ring substituents is 1. The summed E-state index contributed by atoms with van der Waals surface area (Å²) in [5.74, 6) is 0.196. The van der Waals surface area contributed by atoms with Gasteiger partial charge in [0.05, 0.1) is 10.5 Å². The Morgan fingerprint density at radius 2 is 1.70 bits per heavy atom. The third kappa shape index (κ3) is 4.33. The first kappa shape index (κ1) is 19.4. The molecule has 1 heterocycles. The van der Waals surface area contributed by atoms with Crippen molar-refractivity contribution in [3.63, 3.8) is 0 Å². The van der Waals surface area contributed by atoms with Gasteiger partial charge < -0.3 is 9.80 Å². The third-order valence-electron chi connectivity index (χ3n) is 5.39. The maximum absolute atomic E-state index is 12.8. The summed E-state index contributed by atoms with van der Waals surface area (Å²) < 4.78 is 38.5. The molecule has 1 amide bonds. The lowest BCUT2D eigenvalue weighted by Crippen LogP contribution is -2.50. The van der Waals surface area contributed by atoms with Crippen molar-refractivity contribution in [3.8, 4) is 0 Å². The fourth-order valence-corrected chi connectivity index (χ4v) is 3.89. The molecule has 0 spiro atoms. The molecule has 1 aromatic carbocycles. The number of nitro groups is 1. The molecule has 3 rings (SSSR count). The maximum Gasteiger partial charge on any atom is 0.416 e. The zero-order chi connectivity index (χ0) is 19.6. The monoisotopic (exact) mass is 385 g/mol. The van der Waals surface area contributed by atoms with Gasteiger partial charge >= 0.3 is 6.18 Å². The van der Waals surface area contributed by atoms with Crippen molar-refractivity contribution in [1.82, 2.24) is 4.90 Å². The van der Waals surface area contributed by atoms with Crippen LogP contribution in [0, 0.1) is 16.0 Å². The summed E-state index contributed by atoms with van der Waals surface area (Å²) in [6, 6.07) is 2.59. The number of amides is 1. The molecule has 0 aromatic heterocycles. The zero-order valence-electron chi connectivity index (χ0n) is 14.9. The van der Waals surface area contributed by atoms with Crippen molar-refractivity contribution in [1.29, 1.82) is 0 Å². The van der Waals surface area contributed by atoms with Crippen molar-refractivity contribution >= 4 is 17.3 Å². The molecule has 0 unspecified atom stereocenters. The predicted octanol–water partition coefficient (Wildman–Crippen LogP) is 3.84. The van der Waals surface area contributed by atoms with Gasteiger partial charge in [0.15, 0.2) is 0 Å². The van der Waals surface area contributed by atoms with E-state index in [1.807, 2.05) is 0 Å². The second-order valence-corrected chi connectivity index (χ2v) is 7.11. The first-order valence-electron chi connectivity index (χ1n) is 9.17. The minimum absolute atomic E-state index is 0.0608. The number of nitrogens with zero attached hydrogens (tertiary/aromatic N) is 3. The molecule has 0 bridgehead atoms. The summed E-state index contributed by atoms with van der Waals surface area (Å²) in [6.07, 6.45) is 0.471. The van der Waals surface area contributed by atoms with E-state index in [2.05, 4.69) is 0 Å². The van der Waals surface area contributed by atoms with Gasteiger partial charge in [-0.15, -0.1) is 0 Å². The standard InChI is InChI=1S/C18H22F3N3O3/c19-18(20,21)14-6-7-15(16(12-14)24(26)27)22-8-10-23(11-9-22)17(25)13-4-2-1-3-5-13/h6-7,12-13H,1-5,8-11H2. The summed E-state index contributed by atoms with van der Waals surface area (Å²) in [7, 11) is 0. The number of anilines is 1. The highest BCUT2D eigenvalue weighted by atomic mass is 19.4. The van der Waals surface area contributed by atoms with Gasteiger partial charge in [0.2, 0.25) is 5.91 Å². The Bertz CT molecular complexity index is 710. The quantitative estimate of drug-likeness (QED) is 0.586. The Hall–Kier alpha value is -2.32. The van der Waals surface area contributed by atoms with Gasteiger partial charge in [-0.05, 0) is 25.0 Å². The highest BCUT2D eigenvalue weighted by Crippen LogP contribution is 2.37. The van der Waals surface area contributed by atoms with Crippen LogP contribution in [0.2, 0.25) is 0 Å². The number of carbonyl (C=O) groups is 1. The Labute approximate surface area is 155 Å². The molecule has 1 saturated heterocycles. The molecule has 9 heteroatoms. The molecule has 1 aliphatic carbocycles. The van der Waals surface area contributed by atoms with Crippen LogP contribution in [-0.2, 0) is 11.0 Å². The first-order chi connectivity index (χ1) is 12.8. The average molecular weight is 385 g/mol. The SMILES string of the molecule is O=C(C1CCCCC1)N1CCN(c2ccc(C(F)(F)F)cc2[N+](=O)[O-])CC1. The normalized spacial score (nSPS) is 19.2. The lowest BCUT2D eigenvalue weighted by molar-refractivity contribution is -0.384. The van der Waals surface area contributed by atoms with Crippen molar-refractivity contribution in [2.75, 3.05) is 31.1 Å². The Morgan fingerprint density at radius 1 is 1.07 bits per heavy atom. The molecule has 6 nitrogen and oxygen atoms in total. The van der Waals surface area contributed by atoms with E-state index in [4.69, 9.17) is 0 Å². The van der Waals surface area contributed by atoms with Crippen LogP contribution in [0.3, 0.4) is 0 Å². The van der Waals surface area contributed by atoms with E-state index in [1.54, 1.807) is 9.80 Å².